The van der Waals surface area contributed by atoms with Crippen LogP contribution < -0.4 is 10.1 Å². The molecule has 1 aliphatic carbocycles. The van der Waals surface area contributed by atoms with E-state index in [4.69, 9.17) is 28.0 Å². The van der Waals surface area contributed by atoms with Gasteiger partial charge in [0.1, 0.15) is 11.9 Å². The predicted octanol–water partition coefficient (Wildman–Crippen LogP) is 6.28. The zero-order valence-corrected chi connectivity index (χ0v) is 19.2. The summed E-state index contributed by atoms with van der Waals surface area (Å²) in [5.74, 6) is 1.73. The predicted molar refractivity (Wildman–Crippen MR) is 126 cm³/mol. The number of hydrogen-bond acceptors (Lipinski definition) is 4. The number of methoxy groups -OCH3 is 1. The molecule has 1 amide bonds. The van der Waals surface area contributed by atoms with Gasteiger partial charge in [-0.1, -0.05) is 32.0 Å². The van der Waals surface area contributed by atoms with E-state index in [-0.39, 0.29) is 22.3 Å². The van der Waals surface area contributed by atoms with Crippen molar-refractivity contribution in [2.24, 2.45) is 11.8 Å². The summed E-state index contributed by atoms with van der Waals surface area (Å²) in [7, 11) is 1.56. The lowest BCUT2D eigenvalue weighted by molar-refractivity contribution is 0.102. The zero-order valence-electron chi connectivity index (χ0n) is 18.4. The van der Waals surface area contributed by atoms with E-state index in [9.17, 15) is 4.79 Å². The van der Waals surface area contributed by atoms with Crippen LogP contribution in [-0.4, -0.2) is 27.8 Å². The van der Waals surface area contributed by atoms with E-state index in [0.717, 1.165) is 35.6 Å². The van der Waals surface area contributed by atoms with Gasteiger partial charge in [0.05, 0.1) is 34.9 Å². The molecule has 1 N–H and O–H groups in total. The highest BCUT2D eigenvalue weighted by Crippen LogP contribution is 2.37. The van der Waals surface area contributed by atoms with Gasteiger partial charge in [-0.2, -0.15) is 5.10 Å². The summed E-state index contributed by atoms with van der Waals surface area (Å²) in [4.78, 5) is 19.9. The lowest BCUT2D eigenvalue weighted by atomic mass is 9.80. The molecule has 7 nitrogen and oxygen atoms in total. The molecule has 166 valence electrons. The molecule has 3 aromatic rings. The number of carbonyl (C=O) groups excluding carboxylic acids is 1. The lowest BCUT2D eigenvalue weighted by Gasteiger charge is -2.30. The Morgan fingerprint density at radius 1 is 1.28 bits per heavy atom. The average molecular weight is 452 g/mol. The quantitative estimate of drug-likeness (QED) is 0.463. The molecule has 1 aromatic carbocycles. The summed E-state index contributed by atoms with van der Waals surface area (Å²) in [6, 6.07) is 5.55. The highest BCUT2D eigenvalue weighted by molar-refractivity contribution is 6.33. The van der Waals surface area contributed by atoms with E-state index >= 15 is 0 Å². The van der Waals surface area contributed by atoms with Crippen LogP contribution in [0.1, 0.15) is 55.9 Å². The van der Waals surface area contributed by atoms with Crippen LogP contribution in [0.3, 0.4) is 0 Å². The summed E-state index contributed by atoms with van der Waals surface area (Å²) in [6.45, 7) is 11.6. The number of amides is 1. The van der Waals surface area contributed by atoms with Crippen molar-refractivity contribution in [1.82, 2.24) is 14.8 Å². The van der Waals surface area contributed by atoms with E-state index in [1.807, 2.05) is 18.3 Å². The van der Waals surface area contributed by atoms with Gasteiger partial charge in [-0.3, -0.25) is 9.48 Å². The van der Waals surface area contributed by atoms with Crippen molar-refractivity contribution in [3.05, 3.63) is 52.6 Å². The maximum Gasteiger partial charge on any atom is 0.288 e. The number of benzene rings is 1. The Morgan fingerprint density at radius 3 is 2.66 bits per heavy atom. The topological polar surface area (TPSA) is 73.4 Å². The number of halogens is 1. The molecule has 32 heavy (non-hydrogen) atoms. The molecule has 4 rings (SSSR count). The summed E-state index contributed by atoms with van der Waals surface area (Å²) in [5.41, 5.74) is 1.64. The molecule has 0 atom stereocenters. The van der Waals surface area contributed by atoms with Crippen LogP contribution in [-0.2, 0) is 0 Å². The number of fused-ring (bicyclic) bond motifs is 1. The first-order valence-corrected chi connectivity index (χ1v) is 11.2. The van der Waals surface area contributed by atoms with Crippen LogP contribution in [0.2, 0.25) is 5.02 Å². The minimum absolute atomic E-state index is 0.0667. The second-order valence-corrected chi connectivity index (χ2v) is 9.04. The molecular weight excluding hydrogens is 426 g/mol. The number of nitrogens with zero attached hydrogens (tertiary/aromatic N) is 4. The monoisotopic (exact) mass is 451 g/mol. The van der Waals surface area contributed by atoms with Crippen LogP contribution in [0.15, 0.2) is 30.6 Å². The Hall–Kier alpha value is -3.11. The van der Waals surface area contributed by atoms with E-state index in [2.05, 4.69) is 33.7 Å². The Bertz CT molecular complexity index is 1190. The summed E-state index contributed by atoms with van der Waals surface area (Å²) in [6.07, 6.45) is 8.11. The molecule has 1 fully saturated rings. The first-order chi connectivity index (χ1) is 15.4. The molecule has 0 spiro atoms. The zero-order chi connectivity index (χ0) is 22.8. The standard InChI is InChI=1S/C24H26ClN5O2/c1-14(2)15-5-7-18(8-6-15)30-13-17-10-21(22(32-4)11-20(17)29-30)28-24(31)16-9-19(25)23(26-3)27-12-16/h9-15,18H,5-8H2,1-2,4H3,(H,28,31). The summed E-state index contributed by atoms with van der Waals surface area (Å²) >= 11 is 6.02. The molecule has 0 bridgehead atoms. The van der Waals surface area contributed by atoms with Gasteiger partial charge < -0.3 is 14.9 Å². The number of pyridine rings is 1. The number of anilines is 1. The van der Waals surface area contributed by atoms with Crippen molar-refractivity contribution in [2.75, 3.05) is 12.4 Å². The second kappa shape index (κ2) is 9.17. The Morgan fingerprint density at radius 2 is 2.03 bits per heavy atom. The summed E-state index contributed by atoms with van der Waals surface area (Å²) < 4.78 is 7.57. The first kappa shape index (κ1) is 22.1. The van der Waals surface area contributed by atoms with E-state index < -0.39 is 0 Å². The van der Waals surface area contributed by atoms with Gasteiger partial charge in [0.2, 0.25) is 0 Å². The van der Waals surface area contributed by atoms with E-state index in [0.29, 0.717) is 17.5 Å². The van der Waals surface area contributed by atoms with Crippen molar-refractivity contribution >= 4 is 39.9 Å². The van der Waals surface area contributed by atoms with Crippen LogP contribution in [0.4, 0.5) is 11.5 Å². The molecular formula is C24H26ClN5O2. The lowest BCUT2D eigenvalue weighted by Crippen LogP contribution is -2.21. The fourth-order valence-corrected chi connectivity index (χ4v) is 4.60. The van der Waals surface area contributed by atoms with Gasteiger partial charge in [-0.15, -0.1) is 4.98 Å². The Kier molecular flexibility index (Phi) is 6.33. The SMILES string of the molecule is [C-]#[N+]c1ncc(C(=O)Nc2cc3cn(C4CCC(C(C)C)CC4)nc3cc2OC)cc1Cl. The fourth-order valence-electron chi connectivity index (χ4n) is 4.39. The number of carbonyl (C=O) groups is 1. The molecule has 2 heterocycles. The van der Waals surface area contributed by atoms with Gasteiger partial charge >= 0.3 is 0 Å². The Labute approximate surface area is 192 Å². The van der Waals surface area contributed by atoms with Crippen LogP contribution in [0.5, 0.6) is 5.75 Å². The minimum atomic E-state index is -0.381. The number of ether oxygens (including phenoxy) is 1. The molecule has 8 heteroatoms. The molecule has 0 radical (unpaired) electrons. The number of aromatic nitrogens is 3. The van der Waals surface area contributed by atoms with E-state index in [1.54, 1.807) is 7.11 Å². The third-order valence-corrected chi connectivity index (χ3v) is 6.62. The highest BCUT2D eigenvalue weighted by atomic mass is 35.5. The van der Waals surface area contributed by atoms with Gasteiger partial charge in [-0.25, -0.2) is 0 Å². The third-order valence-electron chi connectivity index (χ3n) is 6.34. The fraction of sp³-hybridized carbons (Fsp3) is 0.417. The molecule has 1 aliphatic rings. The average Bonchev–Trinajstić information content (AvgIpc) is 3.21. The first-order valence-electron chi connectivity index (χ1n) is 10.8. The van der Waals surface area contributed by atoms with Gasteiger partial charge in [0, 0.05) is 17.6 Å². The normalized spacial score (nSPS) is 18.5. The number of rotatable bonds is 5. The van der Waals surface area contributed by atoms with Crippen molar-refractivity contribution in [2.45, 2.75) is 45.6 Å². The van der Waals surface area contributed by atoms with Gasteiger partial charge in [-0.05, 0) is 49.7 Å². The largest absolute Gasteiger partial charge is 0.494 e. The number of hydrogen-bond donors (Lipinski definition) is 1. The van der Waals surface area contributed by atoms with E-state index in [1.165, 1.54) is 25.1 Å². The van der Waals surface area contributed by atoms with Crippen molar-refractivity contribution in [3.8, 4) is 5.75 Å². The smallest absolute Gasteiger partial charge is 0.288 e. The maximum absolute atomic E-state index is 12.7. The maximum atomic E-state index is 12.7. The van der Waals surface area contributed by atoms with Crippen molar-refractivity contribution < 1.29 is 9.53 Å². The molecule has 0 unspecified atom stereocenters. The summed E-state index contributed by atoms with van der Waals surface area (Å²) in [5, 5.41) is 8.74. The second-order valence-electron chi connectivity index (χ2n) is 8.63. The van der Waals surface area contributed by atoms with Crippen molar-refractivity contribution in [3.63, 3.8) is 0 Å². The molecule has 2 aromatic heterocycles. The third kappa shape index (κ3) is 4.42. The highest BCUT2D eigenvalue weighted by Gasteiger charge is 2.25. The van der Waals surface area contributed by atoms with Crippen LogP contribution >= 0.6 is 11.6 Å². The Balaban J connectivity index is 1.57. The molecule has 1 saturated carbocycles. The molecule has 0 aliphatic heterocycles. The minimum Gasteiger partial charge on any atom is -0.494 e. The van der Waals surface area contributed by atoms with Crippen molar-refractivity contribution in [1.29, 1.82) is 0 Å². The number of nitrogens with one attached hydrogen (secondary N) is 1. The van der Waals surface area contributed by atoms with Gasteiger partial charge in [0.15, 0.2) is 0 Å². The van der Waals surface area contributed by atoms with Gasteiger partial charge in [0.25, 0.3) is 11.7 Å². The van der Waals surface area contributed by atoms with Crippen LogP contribution in [0.25, 0.3) is 15.7 Å². The van der Waals surface area contributed by atoms with Crippen LogP contribution in [0, 0.1) is 18.4 Å². The molecule has 0 saturated heterocycles.